The Bertz CT molecular complexity index is 3730. The Kier molecular flexibility index (Phi) is 36.9. The first kappa shape index (κ1) is 110. The van der Waals surface area contributed by atoms with Crippen molar-refractivity contribution in [2.75, 3.05) is 79.3 Å². The lowest BCUT2D eigenvalue weighted by Gasteiger charge is -2.50. The van der Waals surface area contributed by atoms with Gasteiger partial charge in [-0.05, 0) is 11.6 Å². The zero-order valence-corrected chi connectivity index (χ0v) is 72.9. The Morgan fingerprint density at radius 2 is 0.266 bits per heavy atom. The predicted molar refractivity (Wildman–Crippen MR) is 413 cm³/mol. The summed E-state index contributed by atoms with van der Waals surface area (Å²) in [5.41, 5.74) is 0. The van der Waals surface area contributed by atoms with Gasteiger partial charge in [-0.3, -0.25) is 0 Å². The number of ether oxygens (including phenoxy) is 26. The molecule has 0 radical (unpaired) electrons. The monoisotopic (exact) mass is 2060 g/mol. The van der Waals surface area contributed by atoms with Gasteiger partial charge in [-0.25, -0.2) is 0 Å². The second kappa shape index (κ2) is 46.8. The van der Waals surface area contributed by atoms with Crippen LogP contribution in [0.1, 0.15) is 0 Å². The largest absolute Gasteiger partial charge is 0.460 e. The molecule has 34 N–H and O–H groups in total. The van der Waals surface area contributed by atoms with Crippen LogP contribution in [0.25, 0.3) is 0 Å². The molecule has 44 fully saturated rings. The van der Waals surface area contributed by atoms with Crippen LogP contribution in [0.15, 0.2) is 0 Å². The summed E-state index contributed by atoms with van der Waals surface area (Å²) in [6, 6.07) is -1.90. The standard InChI is InChI=1S/C75H118ClN3O60/c76-73-77-74(114-11-23-59-35(100)47(112)71(126-23)136-57-21(9-88)122-67(43(108)31(57)96)132-53-17(5-84)118-63(39(104)27(53)92)128-49-13(1-80)116-61(37(102)25(49)90)130-51-15(3-82)120-65(41(106)29(51)94)134-55-19(7-86)124-69(138-59)45(110)33(55)98)79-75(78-73)115-12-24-60-36(101)48(113)72(127-24)137-58-22(10-89)123-68(44(109)32(58)97)133-54-18(6-85)119-64(40(105)28(54)93)129-50-14(2-81)117-62(38(103)26(50)91)131-52-16(4-83)121-66(42(107)30(52)95)135-56-20(8-87)125-70(139-60)46(111)34(56)99/h13-72,80-113H,1-12H2. The second-order valence-corrected chi connectivity index (χ2v) is 35.5. The molecule has 0 aromatic carbocycles. The fourth-order valence-electron chi connectivity index (χ4n) is 18.6. The molecular weight excluding hydrogens is 1940 g/mol. The number of hydrogen-bond acceptors (Lipinski definition) is 63. The Morgan fingerprint density at radius 3 is 0.381 bits per heavy atom. The Labute approximate surface area is 786 Å². The molecule has 44 aliphatic heterocycles. The summed E-state index contributed by atoms with van der Waals surface area (Å²) in [6.07, 6.45) is -131. The molecule has 0 saturated carbocycles. The summed E-state index contributed by atoms with van der Waals surface area (Å²) in [7, 11) is 0. The zero-order valence-electron chi connectivity index (χ0n) is 72.2. The molecule has 1 aromatic rings. The molecule has 24 bridgehead atoms. The molecule has 0 amide bonds. The third kappa shape index (κ3) is 22.2. The molecule has 45 heterocycles. The summed E-state index contributed by atoms with van der Waals surface area (Å²) in [4.78, 5) is 11.9. The van der Waals surface area contributed by atoms with Crippen LogP contribution in [0.4, 0.5) is 0 Å². The van der Waals surface area contributed by atoms with E-state index in [4.69, 9.17) is 135 Å². The molecule has 64 heteroatoms. The fourth-order valence-corrected chi connectivity index (χ4v) is 18.7. The molecule has 45 rings (SSSR count). The second-order valence-electron chi connectivity index (χ2n) is 35.1. The lowest BCUT2D eigenvalue weighted by molar-refractivity contribution is -0.404. The van der Waals surface area contributed by atoms with Crippen molar-refractivity contribution >= 4 is 11.6 Å². The van der Waals surface area contributed by atoms with Crippen LogP contribution in [0.5, 0.6) is 12.0 Å². The molecule has 44 aliphatic rings. The Morgan fingerprint density at radius 1 is 0.158 bits per heavy atom. The molecule has 60 atom stereocenters. The molecule has 0 aliphatic carbocycles. The highest BCUT2D eigenvalue weighted by Gasteiger charge is 2.64. The fraction of sp³-hybridized carbons (Fsp3) is 0.960. The van der Waals surface area contributed by atoms with E-state index in [9.17, 15) is 174 Å². The highest BCUT2D eigenvalue weighted by molar-refractivity contribution is 6.28. The smallest absolute Gasteiger partial charge is 0.324 e. The summed E-state index contributed by atoms with van der Waals surface area (Å²) in [5.74, 6) is 0. The first-order valence-electron chi connectivity index (χ1n) is 44.1. The highest BCUT2D eigenvalue weighted by Crippen LogP contribution is 2.44. The van der Waals surface area contributed by atoms with E-state index in [0.717, 1.165) is 0 Å². The first-order valence-corrected chi connectivity index (χ1v) is 44.5. The van der Waals surface area contributed by atoms with Gasteiger partial charge in [0.05, 0.1) is 66.1 Å². The van der Waals surface area contributed by atoms with Crippen molar-refractivity contribution in [3.05, 3.63) is 5.28 Å². The van der Waals surface area contributed by atoms with Crippen molar-refractivity contribution in [3.63, 3.8) is 0 Å². The maximum atomic E-state index is 12.3. The van der Waals surface area contributed by atoms with Gasteiger partial charge in [-0.1, -0.05) is 0 Å². The molecule has 1 aromatic heterocycles. The van der Waals surface area contributed by atoms with Crippen molar-refractivity contribution in [2.45, 2.75) is 368 Å². The van der Waals surface area contributed by atoms with Crippen LogP contribution in [-0.2, 0) is 114 Å². The summed E-state index contributed by atoms with van der Waals surface area (Å²) >= 11 is 6.47. The van der Waals surface area contributed by atoms with E-state index in [0.29, 0.717) is 0 Å². The molecule has 44 saturated heterocycles. The molecule has 0 spiro atoms. The van der Waals surface area contributed by atoms with E-state index in [1.54, 1.807) is 0 Å². The number of nitrogens with zero attached hydrogens (tertiary/aromatic N) is 3. The Hall–Kier alpha value is -3.42. The minimum absolute atomic E-state index is 0.857. The van der Waals surface area contributed by atoms with Gasteiger partial charge < -0.3 is 297 Å². The van der Waals surface area contributed by atoms with Gasteiger partial charge in [-0.2, -0.15) is 9.97 Å². The molecule has 63 nitrogen and oxygen atoms in total. The van der Waals surface area contributed by atoms with Crippen molar-refractivity contribution in [1.29, 1.82) is 0 Å². The minimum Gasteiger partial charge on any atom is -0.460 e. The SMILES string of the molecule is OCC1OC2OC3C(CO)OC(OC4C(CO)OC(OC5C(COc6nc(Cl)nc(OCC7OC8OC9C(CO)OC(OC%10C(CO)OC(OC%11C(CO)OC(OC%12C(CO)OC(OC%13C(CO)OC(OC7C(O)C8O)C(O)C%13O)C(O)C%12O)C(O)C%11O)C(O)C%10O)C(O)C9O)n6)OC(OC6C(CO)OC(OC7C(CO)OC(OC1C(O)C2O)C(O)C7O)C(O)C6O)C(O)C5O)C(O)C4O)C(O)C3O. The zero-order chi connectivity index (χ0) is 100. The van der Waals surface area contributed by atoms with E-state index < -0.39 is 465 Å². The van der Waals surface area contributed by atoms with E-state index >= 15 is 0 Å². The maximum Gasteiger partial charge on any atom is 0.324 e. The van der Waals surface area contributed by atoms with Crippen LogP contribution in [0.3, 0.4) is 0 Å². The van der Waals surface area contributed by atoms with Crippen LogP contribution in [-0.4, -0.2) is 636 Å². The van der Waals surface area contributed by atoms with Gasteiger partial charge in [-0.15, -0.1) is 4.98 Å². The molecule has 800 valence electrons. The topological polar surface area (TPSA) is 966 Å². The van der Waals surface area contributed by atoms with Gasteiger partial charge in [0, 0.05) is 0 Å². The number of aliphatic hydroxyl groups excluding tert-OH is 34. The van der Waals surface area contributed by atoms with Gasteiger partial charge in [0.1, 0.15) is 306 Å². The predicted octanol–water partition coefficient (Wildman–Crippen LogP) is -24.8. The van der Waals surface area contributed by atoms with Crippen LogP contribution < -0.4 is 9.47 Å². The first-order chi connectivity index (χ1) is 66.3. The minimum atomic E-state index is -2.49. The van der Waals surface area contributed by atoms with Crippen molar-refractivity contribution < 1.29 is 297 Å². The highest BCUT2D eigenvalue weighted by atomic mass is 35.5. The average Bonchev–Trinajstić information content (AvgIpc) is 0.763. The number of aliphatic hydroxyl groups is 34. The van der Waals surface area contributed by atoms with E-state index in [2.05, 4.69) is 15.0 Å². The third-order valence-electron chi connectivity index (χ3n) is 26.3. The lowest BCUT2D eigenvalue weighted by Crippen LogP contribution is -2.69. The molecule has 139 heavy (non-hydrogen) atoms. The summed E-state index contributed by atoms with van der Waals surface area (Å²) in [6.45, 7) is -13.9. The molecular formula is C75H118ClN3O60. The van der Waals surface area contributed by atoms with Crippen molar-refractivity contribution in [1.82, 2.24) is 15.0 Å². The number of halogens is 1. The van der Waals surface area contributed by atoms with Gasteiger partial charge in [0.25, 0.3) is 0 Å². The van der Waals surface area contributed by atoms with E-state index in [1.165, 1.54) is 0 Å². The molecule has 60 unspecified atom stereocenters. The van der Waals surface area contributed by atoms with Crippen LogP contribution >= 0.6 is 11.6 Å². The quantitative estimate of drug-likeness (QED) is 0.0731. The Balaban J connectivity index is 0.708. The average molecular weight is 2060 g/mol. The normalized spacial score (nSPS) is 53.2. The van der Waals surface area contributed by atoms with Gasteiger partial charge in [0.15, 0.2) is 75.5 Å². The van der Waals surface area contributed by atoms with E-state index in [-0.39, 0.29) is 0 Å². The number of hydrogen-bond donors (Lipinski definition) is 34. The van der Waals surface area contributed by atoms with Crippen molar-refractivity contribution in [3.8, 4) is 12.0 Å². The van der Waals surface area contributed by atoms with Gasteiger partial charge >= 0.3 is 12.0 Å². The van der Waals surface area contributed by atoms with Gasteiger partial charge in [0.2, 0.25) is 5.28 Å². The van der Waals surface area contributed by atoms with Crippen molar-refractivity contribution in [2.24, 2.45) is 0 Å². The number of rotatable bonds is 16. The maximum absolute atomic E-state index is 12.3. The summed E-state index contributed by atoms with van der Waals surface area (Å²) in [5, 5.41) is 387. The van der Waals surface area contributed by atoms with Crippen LogP contribution in [0, 0.1) is 0 Å². The summed E-state index contributed by atoms with van der Waals surface area (Å²) < 4.78 is 152. The lowest BCUT2D eigenvalue weighted by atomic mass is 9.94. The number of aromatic nitrogens is 3. The van der Waals surface area contributed by atoms with E-state index in [1.807, 2.05) is 0 Å². The third-order valence-corrected chi connectivity index (χ3v) is 26.5. The van der Waals surface area contributed by atoms with Crippen LogP contribution in [0.2, 0.25) is 5.28 Å².